The van der Waals surface area contributed by atoms with E-state index in [0.29, 0.717) is 44.2 Å². The molecule has 1 aromatic carbocycles. The number of rotatable bonds is 5. The van der Waals surface area contributed by atoms with E-state index in [1.165, 1.54) is 6.07 Å². The molecule has 2 amide bonds. The third-order valence-electron chi connectivity index (χ3n) is 7.42. The zero-order valence-corrected chi connectivity index (χ0v) is 19.4. The Labute approximate surface area is 190 Å². The lowest BCUT2D eigenvalue weighted by Crippen LogP contribution is -2.54. The minimum Gasteiger partial charge on any atom is -0.381 e. The van der Waals surface area contributed by atoms with Crippen molar-refractivity contribution in [2.45, 2.75) is 65.0 Å². The number of nitrogens with one attached hydrogen (secondary N) is 1. The Kier molecular flexibility index (Phi) is 7.46. The number of amides is 2. The molecule has 1 unspecified atom stereocenters. The lowest BCUT2D eigenvalue weighted by Gasteiger charge is -2.41. The number of carbonyl (C=O) groups excluding carboxylic acids is 2. The number of nitrogens with zero attached hydrogens (tertiary/aromatic N) is 2. The first-order chi connectivity index (χ1) is 15.4. The summed E-state index contributed by atoms with van der Waals surface area (Å²) in [7, 11) is 0. The van der Waals surface area contributed by atoms with Crippen LogP contribution < -0.4 is 5.32 Å². The number of ether oxygens (including phenoxy) is 1. The lowest BCUT2D eigenvalue weighted by molar-refractivity contribution is -0.140. The average Bonchev–Trinajstić information content (AvgIpc) is 3.32. The molecule has 176 valence electrons. The number of carbonyl (C=O) groups is 2. The van der Waals surface area contributed by atoms with Crippen LogP contribution in [-0.2, 0) is 20.9 Å². The Balaban J connectivity index is 1.38. The van der Waals surface area contributed by atoms with Crippen molar-refractivity contribution in [1.82, 2.24) is 9.80 Å². The molecule has 6 nitrogen and oxygen atoms in total. The summed E-state index contributed by atoms with van der Waals surface area (Å²) in [5.74, 6) is 0.0452. The van der Waals surface area contributed by atoms with Gasteiger partial charge in [-0.2, -0.15) is 0 Å². The summed E-state index contributed by atoms with van der Waals surface area (Å²) < 4.78 is 19.8. The number of benzene rings is 1. The Morgan fingerprint density at radius 3 is 2.50 bits per heavy atom. The molecular formula is C25H36FN3O3. The van der Waals surface area contributed by atoms with Crippen LogP contribution in [0, 0.1) is 24.6 Å². The van der Waals surface area contributed by atoms with Crippen LogP contribution >= 0.6 is 0 Å². The molecule has 2 heterocycles. The summed E-state index contributed by atoms with van der Waals surface area (Å²) in [6, 6.07) is 3.13. The van der Waals surface area contributed by atoms with Crippen molar-refractivity contribution in [3.8, 4) is 0 Å². The van der Waals surface area contributed by atoms with Crippen LogP contribution in [0.1, 0.15) is 56.6 Å². The van der Waals surface area contributed by atoms with Crippen molar-refractivity contribution in [1.29, 1.82) is 0 Å². The second-order valence-electron chi connectivity index (χ2n) is 9.71. The molecule has 1 aromatic rings. The molecular weight excluding hydrogens is 409 g/mol. The van der Waals surface area contributed by atoms with E-state index in [1.807, 2.05) is 11.8 Å². The van der Waals surface area contributed by atoms with Crippen LogP contribution in [0.2, 0.25) is 0 Å². The van der Waals surface area contributed by atoms with Crippen LogP contribution in [-0.4, -0.2) is 60.5 Å². The van der Waals surface area contributed by atoms with Crippen molar-refractivity contribution in [3.05, 3.63) is 29.1 Å². The zero-order valence-electron chi connectivity index (χ0n) is 19.4. The molecule has 0 bridgehead atoms. The predicted molar refractivity (Wildman–Crippen MR) is 122 cm³/mol. The van der Waals surface area contributed by atoms with Gasteiger partial charge in [0.25, 0.3) is 0 Å². The summed E-state index contributed by atoms with van der Waals surface area (Å²) >= 11 is 0. The smallest absolute Gasteiger partial charge is 0.227 e. The maximum atomic E-state index is 14.4. The molecule has 2 aliphatic heterocycles. The van der Waals surface area contributed by atoms with Gasteiger partial charge in [0.1, 0.15) is 5.82 Å². The van der Waals surface area contributed by atoms with E-state index in [0.717, 1.165) is 56.4 Å². The molecule has 1 aliphatic carbocycles. The SMILES string of the molecule is Cc1c(CN2CCN(C(=O)C3CCCC3)C(C)C2)cc(F)cc1NC(=O)C1CCOCC1. The summed E-state index contributed by atoms with van der Waals surface area (Å²) in [5, 5.41) is 2.95. The monoisotopic (exact) mass is 445 g/mol. The van der Waals surface area contributed by atoms with Gasteiger partial charge in [0.15, 0.2) is 0 Å². The van der Waals surface area contributed by atoms with Crippen LogP contribution in [0.15, 0.2) is 12.1 Å². The van der Waals surface area contributed by atoms with Gasteiger partial charge in [-0.1, -0.05) is 12.8 Å². The molecule has 7 heteroatoms. The third-order valence-corrected chi connectivity index (χ3v) is 7.42. The van der Waals surface area contributed by atoms with E-state index in [1.54, 1.807) is 6.07 Å². The Morgan fingerprint density at radius 1 is 1.09 bits per heavy atom. The van der Waals surface area contributed by atoms with Gasteiger partial charge in [-0.25, -0.2) is 4.39 Å². The Morgan fingerprint density at radius 2 is 1.81 bits per heavy atom. The Hall–Kier alpha value is -1.99. The lowest BCUT2D eigenvalue weighted by atomic mass is 9.98. The molecule has 1 N–H and O–H groups in total. The molecule has 4 rings (SSSR count). The van der Waals surface area contributed by atoms with Gasteiger partial charge in [-0.15, -0.1) is 0 Å². The fourth-order valence-electron chi connectivity index (χ4n) is 5.38. The van der Waals surface area contributed by atoms with E-state index >= 15 is 0 Å². The first kappa shape index (κ1) is 23.2. The van der Waals surface area contributed by atoms with Crippen LogP contribution in [0.5, 0.6) is 0 Å². The van der Waals surface area contributed by atoms with E-state index in [-0.39, 0.29) is 29.6 Å². The van der Waals surface area contributed by atoms with Crippen LogP contribution in [0.4, 0.5) is 10.1 Å². The third kappa shape index (κ3) is 5.31. The molecule has 32 heavy (non-hydrogen) atoms. The average molecular weight is 446 g/mol. The highest BCUT2D eigenvalue weighted by Crippen LogP contribution is 2.29. The zero-order chi connectivity index (χ0) is 22.7. The standard InChI is InChI=1S/C25H36FN3O3/c1-17-15-28(9-10-29(17)25(31)20-5-3-4-6-20)16-21-13-22(26)14-23(18(21)2)27-24(30)19-7-11-32-12-8-19/h13-14,17,19-20H,3-12,15-16H2,1-2H3,(H,27,30). The normalized spacial score (nSPS) is 23.5. The predicted octanol–water partition coefficient (Wildman–Crippen LogP) is 3.72. The fourth-order valence-corrected chi connectivity index (χ4v) is 5.38. The van der Waals surface area contributed by atoms with E-state index in [9.17, 15) is 14.0 Å². The van der Waals surface area contributed by atoms with Crippen molar-refractivity contribution < 1.29 is 18.7 Å². The van der Waals surface area contributed by atoms with Gasteiger partial charge >= 0.3 is 0 Å². The van der Waals surface area contributed by atoms with Gasteiger partial charge < -0.3 is 15.0 Å². The van der Waals surface area contributed by atoms with Crippen LogP contribution in [0.25, 0.3) is 0 Å². The highest BCUT2D eigenvalue weighted by Gasteiger charge is 2.33. The number of anilines is 1. The summed E-state index contributed by atoms with van der Waals surface area (Å²) in [6.07, 6.45) is 5.78. The van der Waals surface area contributed by atoms with E-state index < -0.39 is 0 Å². The van der Waals surface area contributed by atoms with Crippen molar-refractivity contribution >= 4 is 17.5 Å². The topological polar surface area (TPSA) is 61.9 Å². The summed E-state index contributed by atoms with van der Waals surface area (Å²) in [6.45, 7) is 8.13. The van der Waals surface area contributed by atoms with Crippen molar-refractivity contribution in [2.24, 2.45) is 11.8 Å². The van der Waals surface area contributed by atoms with Gasteiger partial charge in [0.2, 0.25) is 11.8 Å². The molecule has 1 atom stereocenters. The first-order valence-corrected chi connectivity index (χ1v) is 12.1. The van der Waals surface area contributed by atoms with E-state index in [4.69, 9.17) is 4.74 Å². The van der Waals surface area contributed by atoms with Gasteiger partial charge in [-0.05, 0) is 62.8 Å². The molecule has 2 saturated heterocycles. The van der Waals surface area contributed by atoms with Crippen molar-refractivity contribution in [3.63, 3.8) is 0 Å². The molecule has 3 fully saturated rings. The highest BCUT2D eigenvalue weighted by atomic mass is 19.1. The maximum Gasteiger partial charge on any atom is 0.227 e. The summed E-state index contributed by atoms with van der Waals surface area (Å²) in [5.41, 5.74) is 2.35. The Bertz CT molecular complexity index is 834. The minimum atomic E-state index is -0.337. The first-order valence-electron chi connectivity index (χ1n) is 12.1. The number of halogens is 1. The largest absolute Gasteiger partial charge is 0.381 e. The highest BCUT2D eigenvalue weighted by molar-refractivity contribution is 5.93. The fraction of sp³-hybridized carbons (Fsp3) is 0.680. The molecule has 0 aromatic heterocycles. The molecule has 0 spiro atoms. The molecule has 1 saturated carbocycles. The van der Waals surface area contributed by atoms with Crippen LogP contribution in [0.3, 0.4) is 0 Å². The summed E-state index contributed by atoms with van der Waals surface area (Å²) in [4.78, 5) is 29.8. The van der Waals surface area contributed by atoms with Gasteiger partial charge in [0, 0.05) is 63.0 Å². The minimum absolute atomic E-state index is 0.0550. The van der Waals surface area contributed by atoms with E-state index in [2.05, 4.69) is 17.1 Å². The van der Waals surface area contributed by atoms with Gasteiger partial charge in [0.05, 0.1) is 0 Å². The second-order valence-corrected chi connectivity index (χ2v) is 9.71. The number of hydrogen-bond acceptors (Lipinski definition) is 4. The number of hydrogen-bond donors (Lipinski definition) is 1. The maximum absolute atomic E-state index is 14.4. The molecule has 3 aliphatic rings. The van der Waals surface area contributed by atoms with Gasteiger partial charge in [-0.3, -0.25) is 14.5 Å². The molecule has 0 radical (unpaired) electrons. The number of piperazine rings is 1. The second kappa shape index (κ2) is 10.3. The quantitative estimate of drug-likeness (QED) is 0.750. The van der Waals surface area contributed by atoms with Crippen molar-refractivity contribution in [2.75, 3.05) is 38.2 Å².